The van der Waals surface area contributed by atoms with E-state index >= 15 is 0 Å². The van der Waals surface area contributed by atoms with Crippen molar-refractivity contribution in [1.82, 2.24) is 14.9 Å². The van der Waals surface area contributed by atoms with Crippen molar-refractivity contribution in [2.75, 3.05) is 12.3 Å². The van der Waals surface area contributed by atoms with Gasteiger partial charge in [-0.1, -0.05) is 24.6 Å². The number of aryl methyl sites for hydroxylation is 2. The van der Waals surface area contributed by atoms with Crippen molar-refractivity contribution >= 4 is 23.6 Å². The first-order valence-corrected chi connectivity index (χ1v) is 11.0. The predicted molar refractivity (Wildman–Crippen MR) is 106 cm³/mol. The normalized spacial score (nSPS) is 22.4. The Kier molecular flexibility index (Phi) is 6.73. The molecule has 0 bridgehead atoms. The van der Waals surface area contributed by atoms with E-state index in [0.29, 0.717) is 30.0 Å². The van der Waals surface area contributed by atoms with Gasteiger partial charge in [0.1, 0.15) is 0 Å². The average molecular weight is 391 g/mol. The van der Waals surface area contributed by atoms with Gasteiger partial charge in [0.2, 0.25) is 11.8 Å². The standard InChI is InChI=1S/C20H30N4O2S/c1-13-16(14(2)23-20(22-13)27-12-18(21)25)9-10-19(26)24-11-5-7-15-6-3-4-8-17(15)24/h15,17H,3-12H2,1-2H3,(H2,21,25)/t15-,17-/m0/s1. The lowest BCUT2D eigenvalue weighted by molar-refractivity contribution is -0.137. The maximum atomic E-state index is 12.9. The summed E-state index contributed by atoms with van der Waals surface area (Å²) in [6.07, 6.45) is 8.63. The number of carbonyl (C=O) groups excluding carboxylic acids is 2. The maximum Gasteiger partial charge on any atom is 0.227 e. The number of nitrogens with zero attached hydrogens (tertiary/aromatic N) is 3. The molecule has 0 spiro atoms. The van der Waals surface area contributed by atoms with Crippen LogP contribution >= 0.6 is 11.8 Å². The molecule has 2 heterocycles. The Morgan fingerprint density at radius 1 is 1.11 bits per heavy atom. The van der Waals surface area contributed by atoms with E-state index in [2.05, 4.69) is 14.9 Å². The number of hydrogen-bond donors (Lipinski definition) is 1. The number of thioether (sulfide) groups is 1. The van der Waals surface area contributed by atoms with Gasteiger partial charge in [-0.3, -0.25) is 9.59 Å². The fourth-order valence-electron chi connectivity index (χ4n) is 4.58. The van der Waals surface area contributed by atoms with Gasteiger partial charge in [-0.15, -0.1) is 0 Å². The van der Waals surface area contributed by atoms with E-state index < -0.39 is 0 Å². The highest BCUT2D eigenvalue weighted by atomic mass is 32.2. The molecule has 3 rings (SSSR count). The van der Waals surface area contributed by atoms with Crippen molar-refractivity contribution in [3.05, 3.63) is 17.0 Å². The Labute approximate surface area is 165 Å². The second-order valence-electron chi connectivity index (χ2n) is 7.75. The quantitative estimate of drug-likeness (QED) is 0.596. The fraction of sp³-hybridized carbons (Fsp3) is 0.700. The van der Waals surface area contributed by atoms with Gasteiger partial charge in [0.05, 0.1) is 5.75 Å². The molecule has 1 aliphatic carbocycles. The second-order valence-corrected chi connectivity index (χ2v) is 8.69. The summed E-state index contributed by atoms with van der Waals surface area (Å²) in [6, 6.07) is 0.464. The molecule has 2 fully saturated rings. The van der Waals surface area contributed by atoms with Crippen LogP contribution in [0, 0.1) is 19.8 Å². The highest BCUT2D eigenvalue weighted by molar-refractivity contribution is 7.99. The number of aromatic nitrogens is 2. The van der Waals surface area contributed by atoms with Crippen molar-refractivity contribution in [1.29, 1.82) is 0 Å². The molecular weight excluding hydrogens is 360 g/mol. The van der Waals surface area contributed by atoms with E-state index in [1.54, 1.807) is 0 Å². The third-order valence-electron chi connectivity index (χ3n) is 5.90. The minimum atomic E-state index is -0.379. The second kappa shape index (κ2) is 9.04. The highest BCUT2D eigenvalue weighted by Gasteiger charge is 2.35. The highest BCUT2D eigenvalue weighted by Crippen LogP contribution is 2.35. The van der Waals surface area contributed by atoms with Crippen LogP contribution in [0.25, 0.3) is 0 Å². The zero-order chi connectivity index (χ0) is 19.4. The summed E-state index contributed by atoms with van der Waals surface area (Å²) >= 11 is 1.25. The smallest absolute Gasteiger partial charge is 0.227 e. The zero-order valence-corrected chi connectivity index (χ0v) is 17.2. The zero-order valence-electron chi connectivity index (χ0n) is 16.4. The van der Waals surface area contributed by atoms with E-state index in [1.165, 1.54) is 43.9 Å². The number of fused-ring (bicyclic) bond motifs is 1. The van der Waals surface area contributed by atoms with Crippen LogP contribution in [0.5, 0.6) is 0 Å². The van der Waals surface area contributed by atoms with Crippen molar-refractivity contribution in [2.45, 2.75) is 76.4 Å². The van der Waals surface area contributed by atoms with Crippen LogP contribution in [0.15, 0.2) is 5.16 Å². The van der Waals surface area contributed by atoms with Gasteiger partial charge in [-0.05, 0) is 57.4 Å². The lowest BCUT2D eigenvalue weighted by Crippen LogP contribution is -2.49. The van der Waals surface area contributed by atoms with Gasteiger partial charge in [0.25, 0.3) is 0 Å². The van der Waals surface area contributed by atoms with Crippen molar-refractivity contribution in [3.8, 4) is 0 Å². The average Bonchev–Trinajstić information content (AvgIpc) is 2.65. The Morgan fingerprint density at radius 2 is 1.78 bits per heavy atom. The van der Waals surface area contributed by atoms with E-state index in [1.807, 2.05) is 13.8 Å². The van der Waals surface area contributed by atoms with Gasteiger partial charge in [-0.2, -0.15) is 0 Å². The Hall–Kier alpha value is -1.63. The number of nitrogens with two attached hydrogens (primary N) is 1. The monoisotopic (exact) mass is 390 g/mol. The van der Waals surface area contributed by atoms with Gasteiger partial charge >= 0.3 is 0 Å². The molecule has 148 valence electrons. The van der Waals surface area contributed by atoms with Crippen LogP contribution in [-0.2, 0) is 16.0 Å². The molecule has 0 unspecified atom stereocenters. The number of likely N-dealkylation sites (tertiary alicyclic amines) is 1. The van der Waals surface area contributed by atoms with Crippen LogP contribution in [0.4, 0.5) is 0 Å². The van der Waals surface area contributed by atoms with Gasteiger partial charge in [-0.25, -0.2) is 9.97 Å². The number of amides is 2. The van der Waals surface area contributed by atoms with Crippen LogP contribution in [0.3, 0.4) is 0 Å². The molecule has 27 heavy (non-hydrogen) atoms. The van der Waals surface area contributed by atoms with Crippen molar-refractivity contribution in [2.24, 2.45) is 11.7 Å². The molecule has 7 heteroatoms. The molecule has 1 aliphatic heterocycles. The van der Waals surface area contributed by atoms with E-state index in [9.17, 15) is 9.59 Å². The number of primary amides is 1. The fourth-order valence-corrected chi connectivity index (χ4v) is 5.26. The first-order valence-electron chi connectivity index (χ1n) is 10.0. The van der Waals surface area contributed by atoms with Gasteiger partial charge < -0.3 is 10.6 Å². The summed E-state index contributed by atoms with van der Waals surface area (Å²) in [7, 11) is 0. The molecule has 2 amide bonds. The molecule has 0 aromatic carbocycles. The predicted octanol–water partition coefficient (Wildman–Crippen LogP) is 2.78. The van der Waals surface area contributed by atoms with Crippen molar-refractivity contribution < 1.29 is 9.59 Å². The summed E-state index contributed by atoms with van der Waals surface area (Å²) in [5.41, 5.74) is 8.00. The van der Waals surface area contributed by atoms with E-state index in [-0.39, 0.29) is 17.6 Å². The Bertz CT molecular complexity index is 684. The van der Waals surface area contributed by atoms with Crippen molar-refractivity contribution in [3.63, 3.8) is 0 Å². The first kappa shape index (κ1) is 20.1. The third-order valence-corrected chi connectivity index (χ3v) is 6.77. The molecule has 0 radical (unpaired) electrons. The largest absolute Gasteiger partial charge is 0.369 e. The number of hydrogen-bond acceptors (Lipinski definition) is 5. The van der Waals surface area contributed by atoms with E-state index in [4.69, 9.17) is 5.73 Å². The topological polar surface area (TPSA) is 89.2 Å². The summed E-state index contributed by atoms with van der Waals surface area (Å²) in [5.74, 6) is 0.785. The third kappa shape index (κ3) is 5.00. The molecule has 1 aromatic heterocycles. The summed E-state index contributed by atoms with van der Waals surface area (Å²) in [6.45, 7) is 4.80. The molecular formula is C20H30N4O2S. The molecule has 1 aromatic rings. The van der Waals surface area contributed by atoms with Crippen LogP contribution in [0.2, 0.25) is 0 Å². The van der Waals surface area contributed by atoms with Crippen LogP contribution < -0.4 is 5.73 Å². The van der Waals surface area contributed by atoms with Crippen LogP contribution in [-0.4, -0.2) is 45.0 Å². The molecule has 2 atom stereocenters. The maximum absolute atomic E-state index is 12.9. The summed E-state index contributed by atoms with van der Waals surface area (Å²) in [5, 5.41) is 0.569. The summed E-state index contributed by atoms with van der Waals surface area (Å²) < 4.78 is 0. The Morgan fingerprint density at radius 3 is 2.48 bits per heavy atom. The SMILES string of the molecule is Cc1nc(SCC(N)=O)nc(C)c1CCC(=O)N1CCC[C@@H]2CCCC[C@@H]21. The number of carbonyl (C=O) groups is 2. The molecule has 1 saturated carbocycles. The van der Waals surface area contributed by atoms with E-state index in [0.717, 1.165) is 29.9 Å². The molecule has 2 N–H and O–H groups in total. The van der Waals surface area contributed by atoms with Gasteiger partial charge in [0.15, 0.2) is 5.16 Å². The minimum absolute atomic E-state index is 0.175. The Balaban J connectivity index is 1.62. The lowest BCUT2D eigenvalue weighted by atomic mass is 9.78. The lowest BCUT2D eigenvalue weighted by Gasteiger charge is -2.44. The van der Waals surface area contributed by atoms with Gasteiger partial charge in [0, 0.05) is 30.4 Å². The summed E-state index contributed by atoms with van der Waals surface area (Å²) in [4.78, 5) is 35.0. The molecule has 6 nitrogen and oxygen atoms in total. The minimum Gasteiger partial charge on any atom is -0.369 e. The number of rotatable bonds is 6. The molecule has 1 saturated heterocycles. The van der Waals surface area contributed by atoms with Crippen LogP contribution in [0.1, 0.15) is 61.9 Å². The molecule has 2 aliphatic rings. The number of piperidine rings is 1. The first-order chi connectivity index (χ1) is 13.0.